The van der Waals surface area contributed by atoms with E-state index in [0.29, 0.717) is 30.9 Å². The molecule has 20 heavy (non-hydrogen) atoms. The van der Waals surface area contributed by atoms with Gasteiger partial charge in [0.15, 0.2) is 9.84 Å². The van der Waals surface area contributed by atoms with Crippen LogP contribution in [-0.2, 0) is 21.1 Å². The number of nitrogens with zero attached hydrogens (tertiary/aromatic N) is 1. The first kappa shape index (κ1) is 13.4. The van der Waals surface area contributed by atoms with Crippen LogP contribution in [-0.4, -0.2) is 49.9 Å². The first-order valence-corrected chi connectivity index (χ1v) is 8.37. The molecule has 6 nitrogen and oxygen atoms in total. The van der Waals surface area contributed by atoms with Gasteiger partial charge in [-0.15, -0.1) is 0 Å². The minimum absolute atomic E-state index is 0.109. The van der Waals surface area contributed by atoms with Crippen molar-refractivity contribution < 1.29 is 13.2 Å². The Kier molecular flexibility index (Phi) is 3.18. The van der Waals surface area contributed by atoms with Crippen LogP contribution in [0.3, 0.4) is 0 Å². The first-order valence-electron chi connectivity index (χ1n) is 6.54. The van der Waals surface area contributed by atoms with E-state index >= 15 is 0 Å². The third-order valence-corrected chi connectivity index (χ3v) is 5.51. The third-order valence-electron chi connectivity index (χ3n) is 3.90. The molecule has 2 heterocycles. The van der Waals surface area contributed by atoms with E-state index in [9.17, 15) is 13.2 Å². The molecule has 0 spiro atoms. The van der Waals surface area contributed by atoms with Crippen molar-refractivity contribution in [3.63, 3.8) is 0 Å². The molecular weight excluding hydrogens is 278 g/mol. The number of hydrogen-bond donors (Lipinski definition) is 1. The van der Waals surface area contributed by atoms with Gasteiger partial charge in [0.05, 0.1) is 23.2 Å². The lowest BCUT2D eigenvalue weighted by atomic mass is 9.97. The van der Waals surface area contributed by atoms with E-state index in [1.165, 1.54) is 0 Å². The summed E-state index contributed by atoms with van der Waals surface area (Å²) in [6.07, 6.45) is 0.571. The molecule has 1 aromatic rings. The van der Waals surface area contributed by atoms with Crippen molar-refractivity contribution in [2.24, 2.45) is 0 Å². The maximum Gasteiger partial charge on any atom is 0.242 e. The standard InChI is InChI=1S/C13H16N3O3S/c14-10-2-1-9-7-12(13(17)15-11(9)8-10)16-3-5-20(18,19)6-4-16/h1-2,8,12,14H,3-7H2,(H,15,17). The van der Waals surface area contributed by atoms with Crippen LogP contribution >= 0.6 is 0 Å². The Balaban J connectivity index is 1.79. The van der Waals surface area contributed by atoms with E-state index in [2.05, 4.69) is 5.32 Å². The highest BCUT2D eigenvalue weighted by Crippen LogP contribution is 2.27. The van der Waals surface area contributed by atoms with Crippen LogP contribution in [0.15, 0.2) is 18.2 Å². The van der Waals surface area contributed by atoms with Gasteiger partial charge in [0, 0.05) is 18.8 Å². The monoisotopic (exact) mass is 294 g/mol. The normalized spacial score (nSPS) is 25.8. The summed E-state index contributed by atoms with van der Waals surface area (Å²) in [6.45, 7) is 0.818. The molecule has 3 rings (SSSR count). The highest BCUT2D eigenvalue weighted by atomic mass is 32.2. The number of anilines is 1. The van der Waals surface area contributed by atoms with E-state index in [4.69, 9.17) is 5.73 Å². The summed E-state index contributed by atoms with van der Waals surface area (Å²) in [5, 5.41) is 2.82. The van der Waals surface area contributed by atoms with Crippen molar-refractivity contribution in [2.75, 3.05) is 29.9 Å². The molecule has 1 aromatic carbocycles. The van der Waals surface area contributed by atoms with Crippen LogP contribution in [0, 0.1) is 0 Å². The van der Waals surface area contributed by atoms with Gasteiger partial charge in [-0.2, -0.15) is 0 Å². The molecule has 2 aliphatic rings. The summed E-state index contributed by atoms with van der Waals surface area (Å²) in [4.78, 5) is 14.1. The van der Waals surface area contributed by atoms with Gasteiger partial charge < -0.3 is 11.1 Å². The van der Waals surface area contributed by atoms with Crippen molar-refractivity contribution in [3.8, 4) is 0 Å². The van der Waals surface area contributed by atoms with Crippen molar-refractivity contribution >= 4 is 27.1 Å². The molecule has 1 saturated heterocycles. The van der Waals surface area contributed by atoms with Crippen LogP contribution in [0.2, 0.25) is 0 Å². The second-order valence-electron chi connectivity index (χ2n) is 5.27. The van der Waals surface area contributed by atoms with Crippen molar-refractivity contribution in [3.05, 3.63) is 23.8 Å². The molecule has 7 heteroatoms. The molecule has 1 fully saturated rings. The minimum Gasteiger partial charge on any atom is -0.324 e. The van der Waals surface area contributed by atoms with Crippen molar-refractivity contribution in [1.82, 2.24) is 10.6 Å². The molecule has 1 atom stereocenters. The number of fused-ring (bicyclic) bond motifs is 1. The molecule has 0 saturated carbocycles. The number of amides is 1. The second kappa shape index (κ2) is 4.75. The summed E-state index contributed by atoms with van der Waals surface area (Å²) in [5.41, 5.74) is 9.63. The quantitative estimate of drug-likeness (QED) is 0.801. The molecular formula is C13H16N3O3S. The molecule has 1 amide bonds. The summed E-state index contributed by atoms with van der Waals surface area (Å²) in [5.74, 6) is 0.132. The summed E-state index contributed by atoms with van der Waals surface area (Å²) in [7, 11) is -2.94. The number of rotatable bonds is 1. The fraction of sp³-hybridized carbons (Fsp3) is 0.462. The van der Waals surface area contributed by atoms with Gasteiger partial charge in [0.25, 0.3) is 0 Å². The van der Waals surface area contributed by atoms with E-state index in [0.717, 1.165) is 5.56 Å². The molecule has 0 aliphatic carbocycles. The maximum atomic E-state index is 12.2. The zero-order valence-corrected chi connectivity index (χ0v) is 11.7. The Morgan fingerprint density at radius 1 is 1.25 bits per heavy atom. The number of carbonyl (C=O) groups is 1. The van der Waals surface area contributed by atoms with Crippen LogP contribution < -0.4 is 11.1 Å². The molecule has 2 aliphatic heterocycles. The highest BCUT2D eigenvalue weighted by Gasteiger charge is 2.34. The Hall–Kier alpha value is -1.60. The smallest absolute Gasteiger partial charge is 0.242 e. The van der Waals surface area contributed by atoms with Gasteiger partial charge >= 0.3 is 0 Å². The van der Waals surface area contributed by atoms with Crippen LogP contribution in [0.5, 0.6) is 0 Å². The van der Waals surface area contributed by atoms with Crippen LogP contribution in [0.1, 0.15) is 5.56 Å². The summed E-state index contributed by atoms with van der Waals surface area (Å²) >= 11 is 0. The van der Waals surface area contributed by atoms with Gasteiger partial charge in [0.2, 0.25) is 5.91 Å². The lowest BCUT2D eigenvalue weighted by Gasteiger charge is -2.36. The Bertz CT molecular complexity index is 643. The lowest BCUT2D eigenvalue weighted by Crippen LogP contribution is -2.53. The molecule has 2 N–H and O–H groups in total. The molecule has 0 aromatic heterocycles. The molecule has 1 radical (unpaired) electrons. The molecule has 0 bridgehead atoms. The van der Waals surface area contributed by atoms with Gasteiger partial charge in [0.1, 0.15) is 0 Å². The first-order chi connectivity index (χ1) is 9.44. The Labute approximate surface area is 117 Å². The Morgan fingerprint density at radius 2 is 1.95 bits per heavy atom. The fourth-order valence-corrected chi connectivity index (χ4v) is 3.95. The second-order valence-corrected chi connectivity index (χ2v) is 7.57. The van der Waals surface area contributed by atoms with Gasteiger partial charge in [-0.25, -0.2) is 8.42 Å². The number of benzene rings is 1. The molecule has 107 valence electrons. The number of carbonyl (C=O) groups excluding carboxylic acids is 1. The third kappa shape index (κ3) is 2.51. The lowest BCUT2D eigenvalue weighted by molar-refractivity contribution is -0.121. The van der Waals surface area contributed by atoms with Gasteiger partial charge in [-0.05, 0) is 24.1 Å². The van der Waals surface area contributed by atoms with Crippen molar-refractivity contribution in [1.29, 1.82) is 0 Å². The number of sulfone groups is 1. The predicted molar refractivity (Wildman–Crippen MR) is 75.5 cm³/mol. The number of nitrogens with one attached hydrogen (secondary N) is 2. The van der Waals surface area contributed by atoms with E-state index in [1.54, 1.807) is 12.1 Å². The van der Waals surface area contributed by atoms with E-state index in [-0.39, 0.29) is 23.5 Å². The predicted octanol–water partition coefficient (Wildman–Crippen LogP) is 0.195. The zero-order chi connectivity index (χ0) is 14.3. The van der Waals surface area contributed by atoms with E-state index < -0.39 is 9.84 Å². The highest BCUT2D eigenvalue weighted by molar-refractivity contribution is 7.91. The van der Waals surface area contributed by atoms with Crippen LogP contribution in [0.4, 0.5) is 11.4 Å². The summed E-state index contributed by atoms with van der Waals surface area (Å²) in [6, 6.07) is 4.89. The SMILES string of the molecule is [NH]c1ccc2c(c1)NC(=O)C(N1CCS(=O)(=O)CC1)C2. The maximum absolute atomic E-state index is 12.2. The van der Waals surface area contributed by atoms with Gasteiger partial charge in [-0.3, -0.25) is 9.69 Å². The molecule has 1 unspecified atom stereocenters. The average Bonchev–Trinajstić information content (AvgIpc) is 2.38. The minimum atomic E-state index is -2.94. The summed E-state index contributed by atoms with van der Waals surface area (Å²) < 4.78 is 22.9. The average molecular weight is 294 g/mol. The van der Waals surface area contributed by atoms with Gasteiger partial charge in [-0.1, -0.05) is 6.07 Å². The zero-order valence-electron chi connectivity index (χ0n) is 10.9. The van der Waals surface area contributed by atoms with Crippen LogP contribution in [0.25, 0.3) is 0 Å². The van der Waals surface area contributed by atoms with E-state index in [1.807, 2.05) is 11.0 Å². The largest absolute Gasteiger partial charge is 0.324 e. The topological polar surface area (TPSA) is 90.3 Å². The fourth-order valence-electron chi connectivity index (χ4n) is 2.72. The number of hydrogen-bond acceptors (Lipinski definition) is 4. The Morgan fingerprint density at radius 3 is 2.65 bits per heavy atom. The van der Waals surface area contributed by atoms with Crippen molar-refractivity contribution in [2.45, 2.75) is 12.5 Å².